The molecule has 1 amide bonds. The molecule has 0 unspecified atom stereocenters. The van der Waals surface area contributed by atoms with E-state index in [0.717, 1.165) is 36.5 Å². The molecule has 0 saturated heterocycles. The van der Waals surface area contributed by atoms with Crippen molar-refractivity contribution in [2.45, 2.75) is 33.7 Å². The van der Waals surface area contributed by atoms with E-state index in [1.165, 1.54) is 11.3 Å². The molecule has 4 nitrogen and oxygen atoms in total. The molecule has 1 aliphatic rings. The highest BCUT2D eigenvalue weighted by Gasteiger charge is 2.29. The topological polar surface area (TPSA) is 49.4 Å². The van der Waals surface area contributed by atoms with Crippen LogP contribution in [0.2, 0.25) is 5.02 Å². The third-order valence-corrected chi connectivity index (χ3v) is 6.15. The molecule has 138 valence electrons. The van der Waals surface area contributed by atoms with E-state index in [2.05, 4.69) is 17.1 Å². The molecular formula is C20H23ClN2O2S. The summed E-state index contributed by atoms with van der Waals surface area (Å²) in [5.41, 5.74) is 2.15. The fraction of sp³-hybridized carbons (Fsp3) is 0.400. The van der Waals surface area contributed by atoms with Crippen molar-refractivity contribution in [2.24, 2.45) is 5.92 Å². The summed E-state index contributed by atoms with van der Waals surface area (Å²) in [6, 6.07) is 7.08. The Balaban J connectivity index is 2.07. The van der Waals surface area contributed by atoms with E-state index < -0.39 is 0 Å². The minimum atomic E-state index is -0.149. The van der Waals surface area contributed by atoms with Gasteiger partial charge in [0, 0.05) is 29.4 Å². The fourth-order valence-electron chi connectivity index (χ4n) is 3.09. The van der Waals surface area contributed by atoms with Crippen LogP contribution in [0.1, 0.15) is 47.1 Å². The van der Waals surface area contributed by atoms with Crippen LogP contribution in [0.15, 0.2) is 24.3 Å². The highest BCUT2D eigenvalue weighted by atomic mass is 35.5. The first-order valence-corrected chi connectivity index (χ1v) is 10.1. The molecule has 6 heteroatoms. The number of benzene rings is 1. The minimum absolute atomic E-state index is 0.0795. The smallest absolute Gasteiger partial charge is 0.227 e. The van der Waals surface area contributed by atoms with Gasteiger partial charge in [-0.1, -0.05) is 44.5 Å². The predicted octanol–water partition coefficient (Wildman–Crippen LogP) is 4.61. The van der Waals surface area contributed by atoms with Gasteiger partial charge in [-0.2, -0.15) is 0 Å². The van der Waals surface area contributed by atoms with Gasteiger partial charge in [0.05, 0.1) is 10.6 Å². The molecule has 3 rings (SSSR count). The van der Waals surface area contributed by atoms with Crippen molar-refractivity contribution in [2.75, 3.05) is 18.4 Å². The summed E-state index contributed by atoms with van der Waals surface area (Å²) < 4.78 is 0. The van der Waals surface area contributed by atoms with Crippen LogP contribution in [0, 0.1) is 5.92 Å². The maximum absolute atomic E-state index is 13.3. The lowest BCUT2D eigenvalue weighted by Gasteiger charge is -2.25. The van der Waals surface area contributed by atoms with Gasteiger partial charge < -0.3 is 5.32 Å². The van der Waals surface area contributed by atoms with Gasteiger partial charge in [-0.05, 0) is 30.7 Å². The summed E-state index contributed by atoms with van der Waals surface area (Å²) >= 11 is 7.78. The summed E-state index contributed by atoms with van der Waals surface area (Å²) in [7, 11) is 0. The zero-order valence-electron chi connectivity index (χ0n) is 15.3. The van der Waals surface area contributed by atoms with Crippen LogP contribution in [0.5, 0.6) is 0 Å². The van der Waals surface area contributed by atoms with Crippen LogP contribution in [0.3, 0.4) is 0 Å². The summed E-state index contributed by atoms with van der Waals surface area (Å²) in [4.78, 5) is 29.1. The lowest BCUT2D eigenvalue weighted by Crippen LogP contribution is -2.30. The Hall–Kier alpha value is -1.69. The van der Waals surface area contributed by atoms with Gasteiger partial charge in [-0.25, -0.2) is 0 Å². The van der Waals surface area contributed by atoms with Gasteiger partial charge in [0.15, 0.2) is 5.78 Å². The molecule has 1 N–H and O–H groups in total. The number of hydrogen-bond acceptors (Lipinski definition) is 4. The number of hydrogen-bond donors (Lipinski definition) is 1. The number of anilines is 1. The molecule has 0 saturated carbocycles. The quantitative estimate of drug-likeness (QED) is 0.758. The normalized spacial score (nSPS) is 14.3. The van der Waals surface area contributed by atoms with E-state index in [-0.39, 0.29) is 17.6 Å². The van der Waals surface area contributed by atoms with E-state index in [9.17, 15) is 9.59 Å². The van der Waals surface area contributed by atoms with Gasteiger partial charge in [0.2, 0.25) is 5.91 Å². The van der Waals surface area contributed by atoms with Crippen molar-refractivity contribution in [3.63, 3.8) is 0 Å². The van der Waals surface area contributed by atoms with Gasteiger partial charge >= 0.3 is 0 Å². The zero-order valence-corrected chi connectivity index (χ0v) is 16.8. The summed E-state index contributed by atoms with van der Waals surface area (Å²) in [6.07, 6.45) is 0.808. The largest absolute Gasteiger partial charge is 0.317 e. The average Bonchev–Trinajstić information content (AvgIpc) is 2.98. The zero-order chi connectivity index (χ0) is 18.8. The Morgan fingerprint density at radius 1 is 1.31 bits per heavy atom. The number of likely N-dealkylation sites (N-methyl/N-ethyl adjacent to an activating group) is 1. The number of rotatable bonds is 5. The Kier molecular flexibility index (Phi) is 5.80. The van der Waals surface area contributed by atoms with Gasteiger partial charge in [0.1, 0.15) is 5.00 Å². The van der Waals surface area contributed by atoms with Crippen molar-refractivity contribution in [1.82, 2.24) is 4.90 Å². The molecule has 0 atom stereocenters. The second-order valence-electron chi connectivity index (χ2n) is 6.78. The van der Waals surface area contributed by atoms with Crippen LogP contribution < -0.4 is 5.32 Å². The van der Waals surface area contributed by atoms with E-state index >= 15 is 0 Å². The number of amides is 1. The van der Waals surface area contributed by atoms with Crippen molar-refractivity contribution in [1.29, 1.82) is 0 Å². The van der Waals surface area contributed by atoms with Crippen molar-refractivity contribution >= 4 is 39.6 Å². The molecule has 2 heterocycles. The average molecular weight is 391 g/mol. The molecule has 0 fully saturated rings. The summed E-state index contributed by atoms with van der Waals surface area (Å²) in [6.45, 7) is 8.53. The van der Waals surface area contributed by atoms with E-state index in [0.29, 0.717) is 21.2 Å². The number of thiophene rings is 1. The first-order chi connectivity index (χ1) is 12.4. The van der Waals surface area contributed by atoms with Crippen LogP contribution in [-0.2, 0) is 17.8 Å². The Labute approximate surface area is 163 Å². The maximum atomic E-state index is 13.3. The van der Waals surface area contributed by atoms with Crippen molar-refractivity contribution in [3.8, 4) is 0 Å². The first kappa shape index (κ1) is 19.1. The lowest BCUT2D eigenvalue weighted by atomic mass is 9.96. The van der Waals surface area contributed by atoms with Crippen LogP contribution >= 0.6 is 22.9 Å². The number of nitrogens with one attached hydrogen (secondary N) is 1. The third kappa shape index (κ3) is 3.70. The lowest BCUT2D eigenvalue weighted by molar-refractivity contribution is -0.118. The molecule has 1 aromatic carbocycles. The Morgan fingerprint density at radius 2 is 2.04 bits per heavy atom. The molecule has 0 radical (unpaired) electrons. The van der Waals surface area contributed by atoms with Crippen LogP contribution in [0.4, 0.5) is 5.00 Å². The molecule has 0 spiro atoms. The number of halogens is 1. The van der Waals surface area contributed by atoms with Gasteiger partial charge in [-0.3, -0.25) is 14.5 Å². The number of fused-ring (bicyclic) bond motifs is 1. The van der Waals surface area contributed by atoms with Gasteiger partial charge in [-0.15, -0.1) is 11.3 Å². The van der Waals surface area contributed by atoms with Crippen LogP contribution in [-0.4, -0.2) is 29.7 Å². The highest BCUT2D eigenvalue weighted by Crippen LogP contribution is 2.39. The molecule has 0 aliphatic carbocycles. The monoisotopic (exact) mass is 390 g/mol. The molecule has 2 aromatic rings. The summed E-state index contributed by atoms with van der Waals surface area (Å²) in [5.74, 6) is -0.342. The van der Waals surface area contributed by atoms with E-state index in [1.54, 1.807) is 12.1 Å². The van der Waals surface area contributed by atoms with Gasteiger partial charge in [0.25, 0.3) is 0 Å². The predicted molar refractivity (Wildman–Crippen MR) is 107 cm³/mol. The fourth-order valence-corrected chi connectivity index (χ4v) is 4.60. The summed E-state index contributed by atoms with van der Waals surface area (Å²) in [5, 5.41) is 4.05. The molecule has 1 aliphatic heterocycles. The minimum Gasteiger partial charge on any atom is -0.317 e. The number of carbonyl (C=O) groups excluding carboxylic acids is 2. The number of nitrogens with zero attached hydrogens (tertiary/aromatic N) is 1. The number of ketones is 1. The Morgan fingerprint density at radius 3 is 2.69 bits per heavy atom. The second kappa shape index (κ2) is 7.91. The second-order valence-corrected chi connectivity index (χ2v) is 8.29. The van der Waals surface area contributed by atoms with E-state index in [4.69, 9.17) is 11.6 Å². The Bertz CT molecular complexity index is 844. The van der Waals surface area contributed by atoms with Crippen LogP contribution in [0.25, 0.3) is 0 Å². The highest BCUT2D eigenvalue weighted by molar-refractivity contribution is 7.17. The van der Waals surface area contributed by atoms with Crippen molar-refractivity contribution < 1.29 is 9.59 Å². The molecular weight excluding hydrogens is 368 g/mol. The molecule has 1 aromatic heterocycles. The SMILES string of the molecule is CCN1CCc2c(sc(NC(=O)C(C)C)c2C(=O)c2ccccc2Cl)C1. The first-order valence-electron chi connectivity index (χ1n) is 8.89. The third-order valence-electron chi connectivity index (χ3n) is 4.69. The number of carbonyl (C=O) groups is 2. The molecule has 26 heavy (non-hydrogen) atoms. The standard InChI is InChI=1S/C20H23ClN2O2S/c1-4-23-10-9-14-16(11-23)26-20(22-19(25)12(2)3)17(14)18(24)13-7-5-6-8-15(13)21/h5-8,12H,4,9-11H2,1-3H3,(H,22,25). The maximum Gasteiger partial charge on any atom is 0.227 e. The molecule has 0 bridgehead atoms. The van der Waals surface area contributed by atoms with Crippen molar-refractivity contribution in [3.05, 3.63) is 50.9 Å². The van der Waals surface area contributed by atoms with E-state index in [1.807, 2.05) is 26.0 Å².